The second-order valence-corrected chi connectivity index (χ2v) is 10.9. The number of ether oxygens (including phenoxy) is 1. The van der Waals surface area contributed by atoms with Crippen molar-refractivity contribution in [3.63, 3.8) is 0 Å². The summed E-state index contributed by atoms with van der Waals surface area (Å²) in [7, 11) is 0. The molecule has 0 aromatic heterocycles. The number of aromatic hydroxyl groups is 1. The lowest BCUT2D eigenvalue weighted by molar-refractivity contribution is -0.150. The smallest absolute Gasteiger partial charge is 0.255 e. The predicted molar refractivity (Wildman–Crippen MR) is 134 cm³/mol. The summed E-state index contributed by atoms with van der Waals surface area (Å²) in [5.41, 5.74) is 3.50. The molecule has 1 aromatic carbocycles. The van der Waals surface area contributed by atoms with Crippen LogP contribution in [0.15, 0.2) is 29.0 Å². The monoisotopic (exact) mass is 525 g/mol. The maximum Gasteiger partial charge on any atom is 0.255 e. The standard InChI is InChI=1S/C27H31N3O8/c28-26(36)20-23(33)21(29-13-4-8-38-9-5-13)15-11-12-10-14-16(30-6-1-7-30)2-3-17(31)19(14)22(32)18(12)24(34)27(15,37)25(20)35/h2-3,12-13,15,21,29,31-32,35,37H,1,4-11H2,(H2,28,36)/t12-,15-,21+,27-/m0/s1. The van der Waals surface area contributed by atoms with E-state index in [0.29, 0.717) is 38.0 Å². The first-order valence-corrected chi connectivity index (χ1v) is 13.1. The van der Waals surface area contributed by atoms with Crippen LogP contribution in [0.5, 0.6) is 5.75 Å². The van der Waals surface area contributed by atoms with E-state index in [-0.39, 0.29) is 29.3 Å². The topological polar surface area (TPSA) is 183 Å². The SMILES string of the molecule is NC(=O)C1=C(O)[C@@]2(O)C(=O)C3=C(O)c4c(O)ccc(N5CCC5)c4C[C@H]3C[C@H]2[C@@H](NC2CCOCC2)C1=O. The second-order valence-electron chi connectivity index (χ2n) is 10.9. The fourth-order valence-electron chi connectivity index (χ4n) is 6.82. The number of benzene rings is 1. The third kappa shape index (κ3) is 3.41. The lowest BCUT2D eigenvalue weighted by Crippen LogP contribution is -2.67. The van der Waals surface area contributed by atoms with Crippen LogP contribution in [0.3, 0.4) is 0 Å². The van der Waals surface area contributed by atoms with Gasteiger partial charge >= 0.3 is 0 Å². The molecule has 0 unspecified atom stereocenters. The minimum atomic E-state index is -2.65. The van der Waals surface area contributed by atoms with Crippen LogP contribution in [0.2, 0.25) is 0 Å². The van der Waals surface area contributed by atoms with E-state index in [2.05, 4.69) is 10.2 Å². The maximum atomic E-state index is 14.0. The van der Waals surface area contributed by atoms with E-state index in [9.17, 15) is 34.8 Å². The van der Waals surface area contributed by atoms with Crippen molar-refractivity contribution in [2.75, 3.05) is 31.2 Å². The number of amides is 1. The molecule has 11 heteroatoms. The van der Waals surface area contributed by atoms with Gasteiger partial charge in [0.25, 0.3) is 5.91 Å². The number of hydrogen-bond acceptors (Lipinski definition) is 10. The lowest BCUT2D eigenvalue weighted by atomic mass is 9.57. The molecule has 202 valence electrons. The summed E-state index contributed by atoms with van der Waals surface area (Å²) in [5.74, 6) is -6.47. The predicted octanol–water partition coefficient (Wildman–Crippen LogP) is 0.381. The Hall–Kier alpha value is -3.41. The molecule has 0 spiro atoms. The number of nitrogens with two attached hydrogens (primary N) is 1. The number of carbonyl (C=O) groups is 3. The van der Waals surface area contributed by atoms with Crippen molar-refractivity contribution in [1.82, 2.24) is 5.32 Å². The molecule has 6 rings (SSSR count). The van der Waals surface area contributed by atoms with E-state index in [0.717, 1.165) is 25.2 Å². The Bertz CT molecular complexity index is 1310. The normalized spacial score (nSPS) is 31.5. The van der Waals surface area contributed by atoms with Gasteiger partial charge in [0.15, 0.2) is 11.4 Å². The van der Waals surface area contributed by atoms with Gasteiger partial charge in [0, 0.05) is 49.5 Å². The second kappa shape index (κ2) is 8.82. The molecule has 2 heterocycles. The van der Waals surface area contributed by atoms with Crippen molar-refractivity contribution in [3.05, 3.63) is 40.2 Å². The molecule has 3 fully saturated rings. The van der Waals surface area contributed by atoms with Crippen molar-refractivity contribution in [1.29, 1.82) is 0 Å². The van der Waals surface area contributed by atoms with Gasteiger partial charge in [0.05, 0.1) is 11.6 Å². The van der Waals surface area contributed by atoms with Crippen molar-refractivity contribution < 1.29 is 39.5 Å². The van der Waals surface area contributed by atoms with E-state index in [1.807, 2.05) is 0 Å². The maximum absolute atomic E-state index is 14.0. The zero-order valence-corrected chi connectivity index (χ0v) is 20.8. The number of aliphatic hydroxyl groups is 3. The highest BCUT2D eigenvalue weighted by Crippen LogP contribution is 2.53. The van der Waals surface area contributed by atoms with Crippen molar-refractivity contribution in [2.24, 2.45) is 17.6 Å². The van der Waals surface area contributed by atoms with Gasteiger partial charge in [-0.15, -0.1) is 0 Å². The lowest BCUT2D eigenvalue weighted by Gasteiger charge is -2.50. The summed E-state index contributed by atoms with van der Waals surface area (Å²) < 4.78 is 5.40. The zero-order valence-electron chi connectivity index (χ0n) is 20.8. The number of aliphatic hydroxyl groups excluding tert-OH is 2. The molecule has 3 aliphatic carbocycles. The Kier molecular flexibility index (Phi) is 5.78. The summed E-state index contributed by atoms with van der Waals surface area (Å²) >= 11 is 0. The van der Waals surface area contributed by atoms with Crippen LogP contribution in [-0.2, 0) is 25.5 Å². The highest BCUT2D eigenvalue weighted by Gasteiger charge is 2.64. The number of ketones is 2. The first-order valence-electron chi connectivity index (χ1n) is 13.1. The highest BCUT2D eigenvalue weighted by molar-refractivity contribution is 6.24. The third-order valence-corrected chi connectivity index (χ3v) is 8.89. The Morgan fingerprint density at radius 1 is 1.13 bits per heavy atom. The van der Waals surface area contributed by atoms with E-state index < -0.39 is 58.0 Å². The van der Waals surface area contributed by atoms with Crippen LogP contribution >= 0.6 is 0 Å². The van der Waals surface area contributed by atoms with E-state index >= 15 is 0 Å². The average molecular weight is 526 g/mol. The Balaban J connectivity index is 1.48. The first-order chi connectivity index (χ1) is 18.1. The molecule has 4 atom stereocenters. The van der Waals surface area contributed by atoms with Crippen LogP contribution < -0.4 is 16.0 Å². The number of anilines is 1. The number of phenols is 1. The van der Waals surface area contributed by atoms with Crippen LogP contribution in [-0.4, -0.2) is 81.9 Å². The van der Waals surface area contributed by atoms with Gasteiger partial charge in [-0.25, -0.2) is 0 Å². The van der Waals surface area contributed by atoms with Crippen LogP contribution in [0.4, 0.5) is 5.69 Å². The summed E-state index contributed by atoms with van der Waals surface area (Å²) in [6, 6.07) is 1.93. The number of hydrogen-bond donors (Lipinski definition) is 6. The van der Waals surface area contributed by atoms with Gasteiger partial charge in [-0.3, -0.25) is 14.4 Å². The van der Waals surface area contributed by atoms with Crippen molar-refractivity contribution >= 4 is 28.9 Å². The Morgan fingerprint density at radius 2 is 1.84 bits per heavy atom. The number of fused-ring (bicyclic) bond motifs is 3. The number of carbonyl (C=O) groups excluding carboxylic acids is 3. The number of primary amides is 1. The molecule has 1 saturated carbocycles. The fourth-order valence-corrected chi connectivity index (χ4v) is 6.82. The van der Waals surface area contributed by atoms with Gasteiger partial charge in [-0.1, -0.05) is 0 Å². The molecular weight excluding hydrogens is 494 g/mol. The van der Waals surface area contributed by atoms with Crippen molar-refractivity contribution in [3.8, 4) is 5.75 Å². The molecule has 0 bridgehead atoms. The largest absolute Gasteiger partial charge is 0.508 e. The molecule has 1 amide bonds. The van der Waals surface area contributed by atoms with Gasteiger partial charge in [0.2, 0.25) is 5.78 Å². The summed E-state index contributed by atoms with van der Waals surface area (Å²) in [4.78, 5) is 41.8. The summed E-state index contributed by atoms with van der Waals surface area (Å²) in [5, 5.41) is 48.1. The molecule has 2 aliphatic heterocycles. The molecule has 1 aromatic rings. The molecule has 0 radical (unpaired) electrons. The van der Waals surface area contributed by atoms with E-state index in [1.54, 1.807) is 6.07 Å². The summed E-state index contributed by atoms with van der Waals surface area (Å²) in [6.07, 6.45) is 2.56. The minimum absolute atomic E-state index is 0.0684. The average Bonchev–Trinajstić information content (AvgIpc) is 2.85. The van der Waals surface area contributed by atoms with Crippen LogP contribution in [0.1, 0.15) is 36.8 Å². The third-order valence-electron chi connectivity index (χ3n) is 8.89. The van der Waals surface area contributed by atoms with Crippen molar-refractivity contribution in [2.45, 2.75) is 49.8 Å². The number of phenolic OH excluding ortho intramolecular Hbond substituents is 1. The quantitative estimate of drug-likeness (QED) is 0.301. The highest BCUT2D eigenvalue weighted by atomic mass is 16.5. The van der Waals surface area contributed by atoms with Gasteiger partial charge in [-0.2, -0.15) is 0 Å². The zero-order chi connectivity index (χ0) is 26.9. The summed E-state index contributed by atoms with van der Waals surface area (Å²) in [6.45, 7) is 2.61. The van der Waals surface area contributed by atoms with Crippen LogP contribution in [0.25, 0.3) is 5.76 Å². The number of nitrogens with one attached hydrogen (secondary N) is 1. The molecule has 11 nitrogen and oxygen atoms in total. The Morgan fingerprint density at radius 3 is 2.47 bits per heavy atom. The van der Waals surface area contributed by atoms with E-state index in [4.69, 9.17) is 10.5 Å². The molecule has 2 saturated heterocycles. The number of Topliss-reactive ketones (excluding diaryl/α,β-unsaturated/α-hetero) is 2. The number of rotatable bonds is 4. The van der Waals surface area contributed by atoms with E-state index in [1.165, 1.54) is 6.07 Å². The molecular formula is C27H31N3O8. The number of nitrogens with zero attached hydrogens (tertiary/aromatic N) is 1. The van der Waals surface area contributed by atoms with Gasteiger partial charge in [-0.05, 0) is 55.7 Å². The van der Waals surface area contributed by atoms with Gasteiger partial charge in [0.1, 0.15) is 22.8 Å². The fraction of sp³-hybridized carbons (Fsp3) is 0.519. The van der Waals surface area contributed by atoms with Crippen LogP contribution in [0, 0.1) is 11.8 Å². The molecule has 38 heavy (non-hydrogen) atoms. The Labute approximate surface area is 218 Å². The van der Waals surface area contributed by atoms with Gasteiger partial charge < -0.3 is 41.1 Å². The first kappa shape index (κ1) is 24.9. The molecule has 7 N–H and O–H groups in total. The molecule has 5 aliphatic rings. The minimum Gasteiger partial charge on any atom is -0.508 e.